The molecule has 0 saturated carbocycles. The molecular formula is C12H12BrF7NS. The van der Waals surface area contributed by atoms with Crippen molar-refractivity contribution in [1.29, 1.82) is 0 Å². The van der Waals surface area contributed by atoms with Crippen LogP contribution in [0.5, 0.6) is 0 Å². The van der Waals surface area contributed by atoms with Gasteiger partial charge in [0.05, 0.1) is 5.70 Å². The van der Waals surface area contributed by atoms with Gasteiger partial charge < -0.3 is 5.32 Å². The van der Waals surface area contributed by atoms with Crippen molar-refractivity contribution in [3.63, 3.8) is 0 Å². The number of hydrogen-bond acceptors (Lipinski definition) is 2. The van der Waals surface area contributed by atoms with Crippen LogP contribution in [0, 0.1) is 6.08 Å². The van der Waals surface area contributed by atoms with Gasteiger partial charge in [0.25, 0.3) is 0 Å². The molecule has 1 radical (unpaired) electrons. The number of dihydropyridines is 1. The summed E-state index contributed by atoms with van der Waals surface area (Å²) >= 11 is 4.18. The summed E-state index contributed by atoms with van der Waals surface area (Å²) in [5, 5.41) is 1.46. The highest BCUT2D eigenvalue weighted by molar-refractivity contribution is 9.10. The molecule has 0 saturated heterocycles. The molecule has 1 nitrogen and oxygen atoms in total. The fraction of sp³-hybridized carbons (Fsp3) is 0.667. The van der Waals surface area contributed by atoms with Crippen molar-refractivity contribution in [2.24, 2.45) is 0 Å². The molecule has 0 aromatic rings. The third-order valence-corrected chi connectivity index (χ3v) is 5.57. The SMILES string of the molecule is CSC(C)C1(Br)[C]=C(C)C=C(C(F)(C(F)(F)F)C(F)(F)F)N1. The zero-order valence-corrected chi connectivity index (χ0v) is 14.0. The first kappa shape index (κ1) is 19.7. The largest absolute Gasteiger partial charge is 0.437 e. The van der Waals surface area contributed by atoms with Gasteiger partial charge in [-0.2, -0.15) is 38.1 Å². The molecule has 2 atom stereocenters. The van der Waals surface area contributed by atoms with Crippen molar-refractivity contribution in [3.05, 3.63) is 23.4 Å². The number of nitrogens with one attached hydrogen (secondary N) is 1. The first-order chi connectivity index (χ1) is 9.69. The minimum absolute atomic E-state index is 0.0398. The van der Waals surface area contributed by atoms with E-state index < -0.39 is 33.4 Å². The molecule has 0 aliphatic carbocycles. The fourth-order valence-electron chi connectivity index (χ4n) is 1.82. The number of thioether (sulfide) groups is 1. The Hall–Kier alpha value is -0.380. The van der Waals surface area contributed by atoms with Crippen molar-refractivity contribution in [2.75, 3.05) is 6.26 Å². The summed E-state index contributed by atoms with van der Waals surface area (Å²) in [6.07, 6.45) is -7.56. The summed E-state index contributed by atoms with van der Waals surface area (Å²) in [4.78, 5) is 0. The van der Waals surface area contributed by atoms with Gasteiger partial charge in [-0.1, -0.05) is 15.9 Å². The van der Waals surface area contributed by atoms with Crippen LogP contribution >= 0.6 is 27.7 Å². The van der Waals surface area contributed by atoms with E-state index >= 15 is 0 Å². The summed E-state index contributed by atoms with van der Waals surface area (Å²) in [5.41, 5.74) is -7.14. The highest BCUT2D eigenvalue weighted by atomic mass is 79.9. The van der Waals surface area contributed by atoms with Crippen molar-refractivity contribution in [3.8, 4) is 0 Å². The molecule has 0 bridgehead atoms. The van der Waals surface area contributed by atoms with Crippen LogP contribution in [0.3, 0.4) is 0 Å². The van der Waals surface area contributed by atoms with Crippen LogP contribution < -0.4 is 5.32 Å². The molecule has 1 N–H and O–H groups in total. The molecule has 1 aliphatic heterocycles. The molecule has 127 valence electrons. The second kappa shape index (κ2) is 5.92. The van der Waals surface area contributed by atoms with Crippen LogP contribution in [0.15, 0.2) is 17.3 Å². The molecule has 22 heavy (non-hydrogen) atoms. The second-order valence-electron chi connectivity index (χ2n) is 4.73. The van der Waals surface area contributed by atoms with Gasteiger partial charge in [-0.3, -0.25) is 0 Å². The summed E-state index contributed by atoms with van der Waals surface area (Å²) in [7, 11) is 0. The normalized spacial score (nSPS) is 25.2. The van der Waals surface area contributed by atoms with Gasteiger partial charge in [-0.05, 0) is 37.8 Å². The van der Waals surface area contributed by atoms with Gasteiger partial charge in [0.1, 0.15) is 4.45 Å². The first-order valence-corrected chi connectivity index (χ1v) is 7.93. The van der Waals surface area contributed by atoms with Gasteiger partial charge in [-0.25, -0.2) is 4.39 Å². The average Bonchev–Trinajstić information content (AvgIpc) is 2.32. The molecule has 2 unspecified atom stereocenters. The Morgan fingerprint density at radius 1 is 1.18 bits per heavy atom. The Kier molecular flexibility index (Phi) is 5.29. The van der Waals surface area contributed by atoms with Crippen LogP contribution in [0.2, 0.25) is 0 Å². The number of hydrogen-bond donors (Lipinski definition) is 1. The minimum Gasteiger partial charge on any atom is -0.366 e. The third kappa shape index (κ3) is 3.27. The number of allylic oxidation sites excluding steroid dienone is 3. The van der Waals surface area contributed by atoms with Gasteiger partial charge >= 0.3 is 18.0 Å². The zero-order chi connectivity index (χ0) is 17.6. The lowest BCUT2D eigenvalue weighted by molar-refractivity contribution is -0.328. The van der Waals surface area contributed by atoms with E-state index in [0.29, 0.717) is 6.08 Å². The van der Waals surface area contributed by atoms with Gasteiger partial charge in [0.15, 0.2) is 0 Å². The van der Waals surface area contributed by atoms with Crippen LogP contribution in [0.4, 0.5) is 30.7 Å². The molecule has 1 aliphatic rings. The van der Waals surface area contributed by atoms with E-state index in [-0.39, 0.29) is 5.57 Å². The maximum absolute atomic E-state index is 14.1. The monoisotopic (exact) mass is 414 g/mol. The quantitative estimate of drug-likeness (QED) is 0.400. The van der Waals surface area contributed by atoms with Crippen molar-refractivity contribution < 1.29 is 30.7 Å². The minimum atomic E-state index is -6.15. The smallest absolute Gasteiger partial charge is 0.366 e. The molecule has 10 heteroatoms. The van der Waals surface area contributed by atoms with Crippen molar-refractivity contribution >= 4 is 27.7 Å². The molecule has 1 heterocycles. The number of rotatable bonds is 3. The molecule has 0 aromatic carbocycles. The van der Waals surface area contributed by atoms with Gasteiger partial charge in [-0.15, -0.1) is 0 Å². The topological polar surface area (TPSA) is 12.0 Å². The van der Waals surface area contributed by atoms with E-state index in [0.717, 1.165) is 11.8 Å². The van der Waals surface area contributed by atoms with Crippen LogP contribution in [0.1, 0.15) is 13.8 Å². The zero-order valence-electron chi connectivity index (χ0n) is 11.6. The Balaban J connectivity index is 3.44. The Bertz CT molecular complexity index is 483. The van der Waals surface area contributed by atoms with Crippen LogP contribution in [-0.2, 0) is 0 Å². The number of halogens is 8. The molecule has 0 fully saturated rings. The summed E-state index contributed by atoms with van der Waals surface area (Å²) < 4.78 is 89.5. The summed E-state index contributed by atoms with van der Waals surface area (Å²) in [6, 6.07) is 0. The Morgan fingerprint density at radius 2 is 1.64 bits per heavy atom. The predicted molar refractivity (Wildman–Crippen MR) is 74.2 cm³/mol. The van der Waals surface area contributed by atoms with E-state index in [9.17, 15) is 30.7 Å². The van der Waals surface area contributed by atoms with E-state index in [2.05, 4.69) is 22.0 Å². The molecular weight excluding hydrogens is 403 g/mol. The van der Waals surface area contributed by atoms with Crippen molar-refractivity contribution in [2.45, 2.75) is 41.6 Å². The second-order valence-corrected chi connectivity index (χ2v) is 7.16. The van der Waals surface area contributed by atoms with E-state index in [1.807, 2.05) is 5.32 Å². The van der Waals surface area contributed by atoms with Crippen LogP contribution in [0.25, 0.3) is 0 Å². The van der Waals surface area contributed by atoms with E-state index in [1.54, 1.807) is 13.2 Å². The maximum atomic E-state index is 14.1. The fourth-order valence-corrected chi connectivity index (χ4v) is 3.35. The lowest BCUT2D eigenvalue weighted by atomic mass is 9.93. The number of alkyl halides is 8. The summed E-state index contributed by atoms with van der Waals surface area (Å²) in [6.45, 7) is 2.80. The van der Waals surface area contributed by atoms with Crippen LogP contribution in [-0.4, -0.2) is 34.0 Å². The van der Waals surface area contributed by atoms with Gasteiger partial charge in [0.2, 0.25) is 0 Å². The maximum Gasteiger partial charge on any atom is 0.437 e. The lowest BCUT2D eigenvalue weighted by Crippen LogP contribution is -2.61. The molecule has 1 rings (SSSR count). The highest BCUT2D eigenvalue weighted by Gasteiger charge is 2.75. The average molecular weight is 415 g/mol. The predicted octanol–water partition coefficient (Wildman–Crippen LogP) is 4.90. The highest BCUT2D eigenvalue weighted by Crippen LogP contribution is 2.51. The van der Waals surface area contributed by atoms with Gasteiger partial charge in [0, 0.05) is 5.25 Å². The van der Waals surface area contributed by atoms with Crippen molar-refractivity contribution in [1.82, 2.24) is 5.32 Å². The van der Waals surface area contributed by atoms with E-state index in [4.69, 9.17) is 0 Å². The molecule has 0 amide bonds. The summed E-state index contributed by atoms with van der Waals surface area (Å²) in [5.74, 6) is 0. The lowest BCUT2D eigenvalue weighted by Gasteiger charge is -2.41. The Labute approximate surface area is 135 Å². The Morgan fingerprint density at radius 3 is 2.00 bits per heavy atom. The van der Waals surface area contributed by atoms with E-state index in [1.165, 1.54) is 6.92 Å². The molecule has 0 aromatic heterocycles. The third-order valence-electron chi connectivity index (χ3n) is 3.12. The molecule has 0 spiro atoms. The standard InChI is InChI=1S/C12H12BrF7NS/c1-6-4-8(21-9(13,5-6)7(2)22-3)10(14,11(15,16)17)12(18,19)20/h4,7,21H,1-3H3. The first-order valence-electron chi connectivity index (χ1n) is 5.85.